The number of benzene rings is 1. The molecule has 0 aromatic heterocycles. The Morgan fingerprint density at radius 1 is 0.621 bits per heavy atom. The maximum atomic E-state index is 3.74. The highest BCUT2D eigenvalue weighted by Gasteiger charge is 2.08. The second kappa shape index (κ2) is 19.1. The second-order valence-electron chi connectivity index (χ2n) is 8.87. The first-order valence-electron chi connectivity index (χ1n) is 12.8. The number of unbranched alkanes of at least 4 members (excludes halogenated alkanes) is 7. The largest absolute Gasteiger partial charge is 0.316 e. The lowest BCUT2D eigenvalue weighted by atomic mass is 9.95. The molecule has 0 amide bonds. The van der Waals surface area contributed by atoms with Crippen LogP contribution in [0.1, 0.15) is 109 Å². The van der Waals surface area contributed by atoms with Gasteiger partial charge in [0.25, 0.3) is 0 Å². The van der Waals surface area contributed by atoms with Crippen molar-refractivity contribution in [3.8, 4) is 0 Å². The monoisotopic (exact) mass is 402 g/mol. The first-order valence-corrected chi connectivity index (χ1v) is 12.8. The van der Waals surface area contributed by atoms with Crippen molar-refractivity contribution in [1.82, 2.24) is 10.6 Å². The standard InChI is InChI=1S/C27H50N2/c1-4-7-10-12-15-26(14-9-6-3)23-29-24-27-18-16-25(17-19-27)20-22-28-21-13-11-8-5-2/h16-19,26,28-29H,4-15,20-24H2,1-3H3. The molecule has 2 N–H and O–H groups in total. The van der Waals surface area contributed by atoms with Crippen molar-refractivity contribution in [2.24, 2.45) is 5.92 Å². The minimum atomic E-state index is 0.856. The van der Waals surface area contributed by atoms with E-state index < -0.39 is 0 Å². The van der Waals surface area contributed by atoms with E-state index in [1.165, 1.54) is 101 Å². The van der Waals surface area contributed by atoms with Gasteiger partial charge in [-0.25, -0.2) is 0 Å². The molecular weight excluding hydrogens is 352 g/mol. The minimum absolute atomic E-state index is 0.856. The van der Waals surface area contributed by atoms with Crippen LogP contribution in [0.2, 0.25) is 0 Å². The summed E-state index contributed by atoms with van der Waals surface area (Å²) in [5, 5.41) is 7.32. The highest BCUT2D eigenvalue weighted by Crippen LogP contribution is 2.17. The van der Waals surface area contributed by atoms with Crippen molar-refractivity contribution in [3.63, 3.8) is 0 Å². The first-order chi connectivity index (χ1) is 14.3. The molecule has 168 valence electrons. The van der Waals surface area contributed by atoms with E-state index in [4.69, 9.17) is 0 Å². The Kier molecular flexibility index (Phi) is 17.3. The van der Waals surface area contributed by atoms with Crippen LogP contribution in [-0.4, -0.2) is 19.6 Å². The molecule has 1 atom stereocenters. The molecule has 0 spiro atoms. The Labute approximate surface area is 182 Å². The number of hydrogen-bond donors (Lipinski definition) is 2. The summed E-state index contributed by atoms with van der Waals surface area (Å²) in [5.74, 6) is 0.856. The molecule has 1 rings (SSSR count). The molecule has 2 nitrogen and oxygen atoms in total. The zero-order valence-electron chi connectivity index (χ0n) is 19.9. The van der Waals surface area contributed by atoms with Gasteiger partial charge in [-0.1, -0.05) is 103 Å². The van der Waals surface area contributed by atoms with E-state index >= 15 is 0 Å². The fourth-order valence-electron chi connectivity index (χ4n) is 3.98. The van der Waals surface area contributed by atoms with Crippen LogP contribution in [-0.2, 0) is 13.0 Å². The smallest absolute Gasteiger partial charge is 0.0205 e. The summed E-state index contributed by atoms with van der Waals surface area (Å²) in [7, 11) is 0. The summed E-state index contributed by atoms with van der Waals surface area (Å²) in [5.41, 5.74) is 2.87. The third-order valence-electron chi connectivity index (χ3n) is 6.01. The van der Waals surface area contributed by atoms with Crippen molar-refractivity contribution >= 4 is 0 Å². The summed E-state index contributed by atoms with van der Waals surface area (Å²) in [6, 6.07) is 9.25. The van der Waals surface area contributed by atoms with Crippen LogP contribution >= 0.6 is 0 Å². The zero-order valence-corrected chi connectivity index (χ0v) is 19.9. The van der Waals surface area contributed by atoms with Crippen molar-refractivity contribution in [1.29, 1.82) is 0 Å². The minimum Gasteiger partial charge on any atom is -0.316 e. The van der Waals surface area contributed by atoms with Gasteiger partial charge in [0.05, 0.1) is 0 Å². The molecule has 0 bridgehead atoms. The Morgan fingerprint density at radius 3 is 1.93 bits per heavy atom. The van der Waals surface area contributed by atoms with Crippen molar-refractivity contribution in [3.05, 3.63) is 35.4 Å². The molecule has 0 saturated carbocycles. The van der Waals surface area contributed by atoms with Gasteiger partial charge in [-0.15, -0.1) is 0 Å². The lowest BCUT2D eigenvalue weighted by Crippen LogP contribution is -2.22. The number of hydrogen-bond acceptors (Lipinski definition) is 2. The van der Waals surface area contributed by atoms with Gasteiger partial charge < -0.3 is 10.6 Å². The maximum absolute atomic E-state index is 3.74. The molecule has 1 aromatic carbocycles. The molecule has 1 aromatic rings. The van der Waals surface area contributed by atoms with Crippen molar-refractivity contribution in [2.75, 3.05) is 19.6 Å². The summed E-state index contributed by atoms with van der Waals surface area (Å²) >= 11 is 0. The fraction of sp³-hybridized carbons (Fsp3) is 0.778. The summed E-state index contributed by atoms with van der Waals surface area (Å²) in [6.45, 7) is 11.3. The lowest BCUT2D eigenvalue weighted by molar-refractivity contribution is 0.388. The second-order valence-corrected chi connectivity index (χ2v) is 8.87. The van der Waals surface area contributed by atoms with Crippen LogP contribution in [0.25, 0.3) is 0 Å². The summed E-state index contributed by atoms with van der Waals surface area (Å²) in [6.07, 6.45) is 17.5. The highest BCUT2D eigenvalue weighted by molar-refractivity contribution is 5.22. The van der Waals surface area contributed by atoms with Gasteiger partial charge in [0.1, 0.15) is 0 Å². The van der Waals surface area contributed by atoms with Crippen LogP contribution in [0.5, 0.6) is 0 Å². The first kappa shape index (κ1) is 26.2. The van der Waals surface area contributed by atoms with Gasteiger partial charge in [0.2, 0.25) is 0 Å². The molecule has 0 saturated heterocycles. The van der Waals surface area contributed by atoms with Crippen molar-refractivity contribution < 1.29 is 0 Å². The molecule has 1 unspecified atom stereocenters. The Hall–Kier alpha value is -0.860. The van der Waals surface area contributed by atoms with Crippen LogP contribution < -0.4 is 10.6 Å². The molecule has 0 aliphatic carbocycles. The summed E-state index contributed by atoms with van der Waals surface area (Å²) in [4.78, 5) is 0. The van der Waals surface area contributed by atoms with Crippen LogP contribution in [0.3, 0.4) is 0 Å². The van der Waals surface area contributed by atoms with Gasteiger partial charge in [0, 0.05) is 6.54 Å². The number of rotatable bonds is 20. The predicted octanol–water partition coefficient (Wildman–Crippen LogP) is 7.27. The average Bonchev–Trinajstić information content (AvgIpc) is 2.75. The molecule has 0 radical (unpaired) electrons. The van der Waals surface area contributed by atoms with E-state index in [1.54, 1.807) is 0 Å². The average molecular weight is 403 g/mol. The van der Waals surface area contributed by atoms with Gasteiger partial charge >= 0.3 is 0 Å². The van der Waals surface area contributed by atoms with Gasteiger partial charge in [-0.05, 0) is 62.4 Å². The van der Waals surface area contributed by atoms with E-state index in [0.29, 0.717) is 0 Å². The van der Waals surface area contributed by atoms with Crippen LogP contribution in [0, 0.1) is 5.92 Å². The van der Waals surface area contributed by atoms with Crippen molar-refractivity contribution in [2.45, 2.75) is 111 Å². The maximum Gasteiger partial charge on any atom is 0.0205 e. The molecule has 0 aliphatic heterocycles. The van der Waals surface area contributed by atoms with Gasteiger partial charge in [-0.3, -0.25) is 0 Å². The molecule has 2 heteroatoms. The quantitative estimate of drug-likeness (QED) is 0.224. The van der Waals surface area contributed by atoms with Crippen LogP contribution in [0.15, 0.2) is 24.3 Å². The number of nitrogens with one attached hydrogen (secondary N) is 2. The topological polar surface area (TPSA) is 24.1 Å². The normalized spacial score (nSPS) is 12.4. The molecular formula is C27H50N2. The third kappa shape index (κ3) is 14.7. The lowest BCUT2D eigenvalue weighted by Gasteiger charge is -2.17. The highest BCUT2D eigenvalue weighted by atomic mass is 14.9. The Balaban J connectivity index is 2.20. The summed E-state index contributed by atoms with van der Waals surface area (Å²) < 4.78 is 0. The third-order valence-corrected chi connectivity index (χ3v) is 6.01. The van der Waals surface area contributed by atoms with Crippen LogP contribution in [0.4, 0.5) is 0 Å². The molecule has 0 aliphatic rings. The molecule has 29 heavy (non-hydrogen) atoms. The zero-order chi connectivity index (χ0) is 21.0. The fourth-order valence-corrected chi connectivity index (χ4v) is 3.98. The van der Waals surface area contributed by atoms with Gasteiger partial charge in [0.15, 0.2) is 0 Å². The Morgan fingerprint density at radius 2 is 1.24 bits per heavy atom. The molecule has 0 fully saturated rings. The van der Waals surface area contributed by atoms with E-state index in [2.05, 4.69) is 55.7 Å². The predicted molar refractivity (Wildman–Crippen MR) is 131 cm³/mol. The van der Waals surface area contributed by atoms with Gasteiger partial charge in [-0.2, -0.15) is 0 Å². The van der Waals surface area contributed by atoms with E-state index in [9.17, 15) is 0 Å². The van der Waals surface area contributed by atoms with E-state index in [-0.39, 0.29) is 0 Å². The Bertz CT molecular complexity index is 454. The van der Waals surface area contributed by atoms with E-state index in [1.807, 2.05) is 0 Å². The molecule has 0 heterocycles. The van der Waals surface area contributed by atoms with E-state index in [0.717, 1.165) is 25.4 Å². The SMILES string of the molecule is CCCCCCNCCc1ccc(CNCC(CCCC)CCCCCC)cc1.